The normalized spacial score (nSPS) is 10.6. The van der Waals surface area contributed by atoms with Crippen LogP contribution in [-0.2, 0) is 14.1 Å². The Morgan fingerprint density at radius 2 is 2.05 bits per heavy atom. The molecule has 0 aromatic carbocycles. The van der Waals surface area contributed by atoms with Gasteiger partial charge in [0.1, 0.15) is 5.65 Å². The summed E-state index contributed by atoms with van der Waals surface area (Å²) < 4.78 is 2.40. The van der Waals surface area contributed by atoms with Gasteiger partial charge < -0.3 is 0 Å². The van der Waals surface area contributed by atoms with Crippen LogP contribution in [0.2, 0.25) is 0 Å². The summed E-state index contributed by atoms with van der Waals surface area (Å²) >= 11 is 1.28. The number of hydrogen-bond acceptors (Lipinski definition) is 5. The van der Waals surface area contributed by atoms with Gasteiger partial charge in [-0.15, -0.1) is 11.8 Å². The van der Waals surface area contributed by atoms with E-state index < -0.39 is 5.69 Å². The van der Waals surface area contributed by atoms with Crippen LogP contribution in [-0.4, -0.2) is 19.9 Å². The van der Waals surface area contributed by atoms with E-state index in [2.05, 4.69) is 4.98 Å². The molecule has 2 aromatic heterocycles. The van der Waals surface area contributed by atoms with E-state index in [1.54, 1.807) is 13.2 Å². The lowest BCUT2D eigenvalue weighted by molar-refractivity contribution is 0.705. The van der Waals surface area contributed by atoms with E-state index in [4.69, 9.17) is 5.26 Å². The van der Waals surface area contributed by atoms with Crippen molar-refractivity contribution in [3.05, 3.63) is 32.6 Å². The van der Waals surface area contributed by atoms with Crippen molar-refractivity contribution >= 4 is 22.8 Å². The summed E-state index contributed by atoms with van der Waals surface area (Å²) in [6, 6.07) is 2.03. The maximum Gasteiger partial charge on any atom is 0.332 e. The number of nitriles is 1. The third-order valence-electron chi connectivity index (χ3n) is 2.88. The number of hydrogen-bond donors (Lipinski definition) is 0. The second kappa shape index (κ2) is 4.90. The molecule has 0 aliphatic carbocycles. The molecule has 98 valence electrons. The molecule has 7 heteroatoms. The van der Waals surface area contributed by atoms with Crippen molar-refractivity contribution in [3.63, 3.8) is 0 Å². The standard InChI is InChI=1S/C12H12N4O2S/c1-7-6-14-10-8(9(7)19-5-4-13)11(17)16(3)12(18)15(10)2/h6H,5H2,1-3H3. The highest BCUT2D eigenvalue weighted by Gasteiger charge is 2.15. The first-order chi connectivity index (χ1) is 8.99. The zero-order valence-corrected chi connectivity index (χ0v) is 11.6. The van der Waals surface area contributed by atoms with Crippen LogP contribution >= 0.6 is 11.8 Å². The van der Waals surface area contributed by atoms with Gasteiger partial charge in [-0.05, 0) is 12.5 Å². The Morgan fingerprint density at radius 3 is 2.68 bits per heavy atom. The zero-order chi connectivity index (χ0) is 14.2. The Morgan fingerprint density at radius 1 is 1.37 bits per heavy atom. The highest BCUT2D eigenvalue weighted by atomic mass is 32.2. The molecule has 0 unspecified atom stereocenters. The monoisotopic (exact) mass is 276 g/mol. The maximum atomic E-state index is 12.3. The van der Waals surface area contributed by atoms with E-state index in [0.717, 1.165) is 10.1 Å². The smallest absolute Gasteiger partial charge is 0.280 e. The summed E-state index contributed by atoms with van der Waals surface area (Å²) in [5.41, 5.74) is 0.377. The minimum Gasteiger partial charge on any atom is -0.280 e. The van der Waals surface area contributed by atoms with Gasteiger partial charge in [-0.1, -0.05) is 0 Å². The zero-order valence-electron chi connectivity index (χ0n) is 10.8. The minimum atomic E-state index is -0.412. The third kappa shape index (κ3) is 2.04. The van der Waals surface area contributed by atoms with Crippen LogP contribution in [0.25, 0.3) is 11.0 Å². The molecular formula is C12H12N4O2S. The van der Waals surface area contributed by atoms with Crippen molar-refractivity contribution in [2.75, 3.05) is 5.75 Å². The molecule has 2 heterocycles. The fourth-order valence-electron chi connectivity index (χ4n) is 1.89. The van der Waals surface area contributed by atoms with Crippen molar-refractivity contribution in [3.8, 4) is 6.07 Å². The fourth-order valence-corrected chi connectivity index (χ4v) is 2.70. The van der Waals surface area contributed by atoms with Gasteiger partial charge in [-0.2, -0.15) is 5.26 Å². The van der Waals surface area contributed by atoms with Crippen LogP contribution in [0, 0.1) is 18.3 Å². The van der Waals surface area contributed by atoms with Crippen LogP contribution in [0.3, 0.4) is 0 Å². The first kappa shape index (κ1) is 13.4. The van der Waals surface area contributed by atoms with Crippen LogP contribution < -0.4 is 11.2 Å². The number of aromatic nitrogens is 3. The minimum absolute atomic E-state index is 0.242. The van der Waals surface area contributed by atoms with Crippen molar-refractivity contribution < 1.29 is 0 Å². The van der Waals surface area contributed by atoms with E-state index >= 15 is 0 Å². The molecule has 0 saturated heterocycles. The molecule has 19 heavy (non-hydrogen) atoms. The number of thioether (sulfide) groups is 1. The molecule has 0 radical (unpaired) electrons. The quantitative estimate of drug-likeness (QED) is 0.748. The van der Waals surface area contributed by atoms with Gasteiger partial charge in [0.25, 0.3) is 5.56 Å². The molecule has 2 rings (SSSR count). The van der Waals surface area contributed by atoms with E-state index in [1.807, 2.05) is 13.0 Å². The fraction of sp³-hybridized carbons (Fsp3) is 0.333. The number of fused-ring (bicyclic) bond motifs is 1. The molecule has 2 aromatic rings. The second-order valence-corrected chi connectivity index (χ2v) is 5.11. The third-order valence-corrected chi connectivity index (χ3v) is 3.97. The van der Waals surface area contributed by atoms with Gasteiger partial charge in [0.15, 0.2) is 0 Å². The van der Waals surface area contributed by atoms with E-state index in [1.165, 1.54) is 23.4 Å². The lowest BCUT2D eigenvalue weighted by Crippen LogP contribution is -2.37. The van der Waals surface area contributed by atoms with Crippen LogP contribution in [0.1, 0.15) is 5.56 Å². The summed E-state index contributed by atoms with van der Waals surface area (Å²) in [4.78, 5) is 29.0. The van der Waals surface area contributed by atoms with E-state index in [0.29, 0.717) is 15.9 Å². The highest BCUT2D eigenvalue weighted by Crippen LogP contribution is 2.26. The van der Waals surface area contributed by atoms with Gasteiger partial charge in [0.2, 0.25) is 0 Å². The van der Waals surface area contributed by atoms with E-state index in [-0.39, 0.29) is 11.3 Å². The van der Waals surface area contributed by atoms with E-state index in [9.17, 15) is 9.59 Å². The van der Waals surface area contributed by atoms with Crippen molar-refractivity contribution in [1.82, 2.24) is 14.1 Å². The summed E-state index contributed by atoms with van der Waals surface area (Å²) in [5.74, 6) is 0.242. The lowest BCUT2D eigenvalue weighted by atomic mass is 10.2. The molecule has 0 amide bonds. The Labute approximate surface area is 113 Å². The summed E-state index contributed by atoms with van der Waals surface area (Å²) in [7, 11) is 3.01. The highest BCUT2D eigenvalue weighted by molar-refractivity contribution is 7.99. The molecule has 0 bridgehead atoms. The van der Waals surface area contributed by atoms with Crippen molar-refractivity contribution in [2.45, 2.75) is 11.8 Å². The SMILES string of the molecule is Cc1cnc2c(c1SCC#N)c(=O)n(C)c(=O)n2C. The predicted molar refractivity (Wildman–Crippen MR) is 73.3 cm³/mol. The summed E-state index contributed by atoms with van der Waals surface area (Å²) in [5, 5.41) is 9.08. The van der Waals surface area contributed by atoms with Gasteiger partial charge in [0, 0.05) is 25.2 Å². The summed E-state index contributed by atoms with van der Waals surface area (Å²) in [6.07, 6.45) is 1.61. The number of pyridine rings is 1. The van der Waals surface area contributed by atoms with Crippen LogP contribution in [0.4, 0.5) is 0 Å². The maximum absolute atomic E-state index is 12.3. The molecule has 0 spiro atoms. The second-order valence-electron chi connectivity index (χ2n) is 4.12. The van der Waals surface area contributed by atoms with Crippen LogP contribution in [0.5, 0.6) is 0 Å². The lowest BCUT2D eigenvalue weighted by Gasteiger charge is -2.11. The Bertz CT molecular complexity index is 814. The molecule has 0 aliphatic heterocycles. The average Bonchev–Trinajstić information content (AvgIpc) is 2.41. The number of aryl methyl sites for hydroxylation is 2. The van der Waals surface area contributed by atoms with Crippen molar-refractivity contribution in [1.29, 1.82) is 5.26 Å². The molecule has 0 atom stereocenters. The summed E-state index contributed by atoms with van der Waals surface area (Å²) in [6.45, 7) is 1.83. The average molecular weight is 276 g/mol. The first-order valence-electron chi connectivity index (χ1n) is 5.54. The molecule has 0 N–H and O–H groups in total. The molecule has 0 saturated carbocycles. The van der Waals surface area contributed by atoms with Gasteiger partial charge in [-0.25, -0.2) is 9.78 Å². The Hall–Kier alpha value is -2.07. The molecule has 0 aliphatic rings. The molecule has 6 nitrogen and oxygen atoms in total. The van der Waals surface area contributed by atoms with Crippen LogP contribution in [0.15, 0.2) is 20.7 Å². The Balaban J connectivity index is 2.97. The largest absolute Gasteiger partial charge is 0.332 e. The van der Waals surface area contributed by atoms with Gasteiger partial charge in [-0.3, -0.25) is 13.9 Å². The molecule has 0 fully saturated rings. The van der Waals surface area contributed by atoms with Crippen molar-refractivity contribution in [2.24, 2.45) is 14.1 Å². The topological polar surface area (TPSA) is 80.7 Å². The van der Waals surface area contributed by atoms with Gasteiger partial charge in [0.05, 0.1) is 17.2 Å². The number of rotatable bonds is 2. The molecular weight excluding hydrogens is 264 g/mol. The predicted octanol–water partition coefficient (Wildman–Crippen LogP) is 0.556. The van der Waals surface area contributed by atoms with Gasteiger partial charge >= 0.3 is 5.69 Å². The first-order valence-corrected chi connectivity index (χ1v) is 6.52. The number of nitrogens with zero attached hydrogens (tertiary/aromatic N) is 4. The Kier molecular flexibility index (Phi) is 3.44.